The minimum absolute atomic E-state index is 0.0959. The van der Waals surface area contributed by atoms with Gasteiger partial charge in [-0.15, -0.1) is 6.58 Å². The lowest BCUT2D eigenvalue weighted by Gasteiger charge is -2.32. The van der Waals surface area contributed by atoms with Crippen LogP contribution in [0.2, 0.25) is 0 Å². The Hall–Kier alpha value is -2.44. The molecular weight excluding hydrogens is 330 g/mol. The van der Waals surface area contributed by atoms with Crippen LogP contribution in [0.3, 0.4) is 0 Å². The molecule has 6 nitrogen and oxygen atoms in total. The molecule has 138 valence electrons. The summed E-state index contributed by atoms with van der Waals surface area (Å²) in [5.41, 5.74) is 1.54. The predicted octanol–water partition coefficient (Wildman–Crippen LogP) is 1.66. The van der Waals surface area contributed by atoms with Crippen molar-refractivity contribution in [3.63, 3.8) is 0 Å². The zero-order valence-corrected chi connectivity index (χ0v) is 15.3. The van der Waals surface area contributed by atoms with Gasteiger partial charge in [-0.3, -0.25) is 9.69 Å². The molecule has 0 amide bonds. The average molecular weight is 355 g/mol. The molecule has 0 spiro atoms. The van der Waals surface area contributed by atoms with Gasteiger partial charge in [0.25, 0.3) is 5.56 Å². The van der Waals surface area contributed by atoms with Gasteiger partial charge in [-0.2, -0.15) is 0 Å². The van der Waals surface area contributed by atoms with Gasteiger partial charge in [0, 0.05) is 32.5 Å². The number of benzene rings is 1. The van der Waals surface area contributed by atoms with Gasteiger partial charge in [-0.05, 0) is 24.6 Å². The average Bonchev–Trinajstić information content (AvgIpc) is 2.63. The van der Waals surface area contributed by atoms with Crippen molar-refractivity contribution in [2.75, 3.05) is 20.2 Å². The number of aromatic nitrogens is 2. The summed E-state index contributed by atoms with van der Waals surface area (Å²) in [7, 11) is 1.63. The number of fused-ring (bicyclic) bond motifs is 1. The normalized spacial score (nSPS) is 16.6. The zero-order chi connectivity index (χ0) is 18.7. The zero-order valence-electron chi connectivity index (χ0n) is 15.3. The number of hydrogen-bond acceptors (Lipinski definition) is 5. The third kappa shape index (κ3) is 4.20. The van der Waals surface area contributed by atoms with E-state index >= 15 is 0 Å². The molecule has 1 aliphatic rings. The van der Waals surface area contributed by atoms with Crippen molar-refractivity contribution in [3.05, 3.63) is 69.9 Å². The van der Waals surface area contributed by atoms with Crippen molar-refractivity contribution in [1.29, 1.82) is 0 Å². The van der Waals surface area contributed by atoms with Gasteiger partial charge in [0.15, 0.2) is 0 Å². The van der Waals surface area contributed by atoms with E-state index in [0.717, 1.165) is 23.6 Å². The van der Waals surface area contributed by atoms with Crippen LogP contribution in [0.15, 0.2) is 41.7 Å². The molecule has 3 rings (SSSR count). The number of β-amino-alcohol motifs (C(OH)–C–C–N with tert-alkyl or cyclic N) is 1. The lowest BCUT2D eigenvalue weighted by molar-refractivity contribution is 0.0561. The van der Waals surface area contributed by atoms with Gasteiger partial charge in [-0.25, -0.2) is 4.98 Å². The van der Waals surface area contributed by atoms with Crippen LogP contribution >= 0.6 is 0 Å². The first-order chi connectivity index (χ1) is 12.4. The molecule has 0 fully saturated rings. The van der Waals surface area contributed by atoms with Gasteiger partial charge in [0.1, 0.15) is 11.6 Å². The molecule has 2 aromatic rings. The van der Waals surface area contributed by atoms with E-state index in [9.17, 15) is 9.90 Å². The maximum atomic E-state index is 12.5. The Kier molecular flexibility index (Phi) is 5.25. The Morgan fingerprint density at radius 3 is 2.81 bits per heavy atom. The summed E-state index contributed by atoms with van der Waals surface area (Å²) in [6, 6.07) is 7.74. The fourth-order valence-corrected chi connectivity index (χ4v) is 3.21. The number of rotatable bonds is 6. The highest BCUT2D eigenvalue weighted by Crippen LogP contribution is 2.18. The van der Waals surface area contributed by atoms with Gasteiger partial charge < -0.3 is 14.8 Å². The first kappa shape index (κ1) is 18.4. The molecular formula is C20H25N3O3. The van der Waals surface area contributed by atoms with E-state index in [4.69, 9.17) is 4.74 Å². The SMILES string of the molecule is C=C[C@@](C)(O)CN1CCc2nc(Cc3ccc(OC)cc3)[nH]c(=O)c2C1. The molecule has 1 atom stereocenters. The van der Waals surface area contributed by atoms with E-state index in [1.165, 1.54) is 6.08 Å². The Balaban J connectivity index is 1.76. The molecule has 0 aliphatic carbocycles. The van der Waals surface area contributed by atoms with Gasteiger partial charge >= 0.3 is 0 Å². The summed E-state index contributed by atoms with van der Waals surface area (Å²) in [4.78, 5) is 22.2. The number of nitrogens with one attached hydrogen (secondary N) is 1. The van der Waals surface area contributed by atoms with Gasteiger partial charge in [-0.1, -0.05) is 18.2 Å². The third-order valence-electron chi connectivity index (χ3n) is 4.71. The number of ether oxygens (including phenoxy) is 1. The molecule has 0 saturated carbocycles. The summed E-state index contributed by atoms with van der Waals surface area (Å²) in [6.07, 6.45) is 2.80. The van der Waals surface area contributed by atoms with Crippen LogP contribution < -0.4 is 10.3 Å². The smallest absolute Gasteiger partial charge is 0.255 e. The summed E-state index contributed by atoms with van der Waals surface area (Å²) in [6.45, 7) is 7.07. The number of aromatic amines is 1. The van der Waals surface area contributed by atoms with Crippen LogP contribution in [-0.2, 0) is 19.4 Å². The van der Waals surface area contributed by atoms with Crippen molar-refractivity contribution in [2.45, 2.75) is 31.9 Å². The molecule has 1 aromatic heterocycles. The first-order valence-corrected chi connectivity index (χ1v) is 8.72. The molecule has 26 heavy (non-hydrogen) atoms. The Labute approximate surface area is 153 Å². The lowest BCUT2D eigenvalue weighted by atomic mass is 10.0. The molecule has 6 heteroatoms. The highest BCUT2D eigenvalue weighted by atomic mass is 16.5. The predicted molar refractivity (Wildman–Crippen MR) is 100 cm³/mol. The highest BCUT2D eigenvalue weighted by Gasteiger charge is 2.26. The van der Waals surface area contributed by atoms with E-state index in [0.29, 0.717) is 37.3 Å². The molecule has 0 saturated heterocycles. The maximum absolute atomic E-state index is 12.5. The van der Waals surface area contributed by atoms with Crippen LogP contribution in [-0.4, -0.2) is 45.8 Å². The van der Waals surface area contributed by atoms with Gasteiger partial charge in [0.05, 0.1) is 24.0 Å². The van der Waals surface area contributed by atoms with Crippen LogP contribution in [0.5, 0.6) is 5.75 Å². The quantitative estimate of drug-likeness (QED) is 0.771. The third-order valence-corrected chi connectivity index (χ3v) is 4.71. The number of methoxy groups -OCH3 is 1. The van der Waals surface area contributed by atoms with E-state index < -0.39 is 5.60 Å². The molecule has 0 unspecified atom stereocenters. The van der Waals surface area contributed by atoms with Crippen molar-refractivity contribution in [2.24, 2.45) is 0 Å². The molecule has 1 aliphatic heterocycles. The number of nitrogens with zero attached hydrogens (tertiary/aromatic N) is 2. The monoisotopic (exact) mass is 355 g/mol. The Morgan fingerprint density at radius 2 is 2.15 bits per heavy atom. The fraction of sp³-hybridized carbons (Fsp3) is 0.400. The van der Waals surface area contributed by atoms with Gasteiger partial charge in [0.2, 0.25) is 0 Å². The second-order valence-corrected chi connectivity index (χ2v) is 6.98. The summed E-state index contributed by atoms with van der Waals surface area (Å²) < 4.78 is 5.16. The van der Waals surface area contributed by atoms with Crippen LogP contribution in [0.25, 0.3) is 0 Å². The molecule has 0 bridgehead atoms. The highest BCUT2D eigenvalue weighted by molar-refractivity contribution is 5.29. The lowest BCUT2D eigenvalue weighted by Crippen LogP contribution is -2.44. The molecule has 2 heterocycles. The number of H-pyrrole nitrogens is 1. The second-order valence-electron chi connectivity index (χ2n) is 6.98. The molecule has 0 radical (unpaired) electrons. The van der Waals surface area contributed by atoms with Crippen molar-refractivity contribution >= 4 is 0 Å². The standard InChI is InChI=1S/C20H25N3O3/c1-4-20(2,25)13-23-10-9-17-16(12-23)19(24)22-18(21-17)11-14-5-7-15(26-3)8-6-14/h4-8,25H,1,9-13H2,2-3H3,(H,21,22,24)/t20-/m1/s1. The summed E-state index contributed by atoms with van der Waals surface area (Å²) in [5, 5.41) is 10.2. The maximum Gasteiger partial charge on any atom is 0.255 e. The summed E-state index contributed by atoms with van der Waals surface area (Å²) in [5.74, 6) is 1.47. The van der Waals surface area contributed by atoms with Crippen LogP contribution in [0.1, 0.15) is 29.6 Å². The van der Waals surface area contributed by atoms with Crippen LogP contribution in [0, 0.1) is 0 Å². The number of aliphatic hydroxyl groups is 1. The minimum Gasteiger partial charge on any atom is -0.497 e. The number of hydrogen-bond donors (Lipinski definition) is 2. The Morgan fingerprint density at radius 1 is 1.42 bits per heavy atom. The van der Waals surface area contributed by atoms with Crippen molar-refractivity contribution in [1.82, 2.24) is 14.9 Å². The first-order valence-electron chi connectivity index (χ1n) is 8.72. The topological polar surface area (TPSA) is 78.5 Å². The Bertz CT molecular complexity index is 840. The summed E-state index contributed by atoms with van der Waals surface area (Å²) >= 11 is 0. The largest absolute Gasteiger partial charge is 0.497 e. The molecule has 1 aromatic carbocycles. The van der Waals surface area contributed by atoms with E-state index in [2.05, 4.69) is 21.4 Å². The van der Waals surface area contributed by atoms with Crippen molar-refractivity contribution < 1.29 is 9.84 Å². The van der Waals surface area contributed by atoms with Crippen LogP contribution in [0.4, 0.5) is 0 Å². The fourth-order valence-electron chi connectivity index (χ4n) is 3.21. The van der Waals surface area contributed by atoms with E-state index in [-0.39, 0.29) is 5.56 Å². The van der Waals surface area contributed by atoms with E-state index in [1.807, 2.05) is 24.3 Å². The second kappa shape index (κ2) is 7.43. The van der Waals surface area contributed by atoms with E-state index in [1.54, 1.807) is 14.0 Å². The minimum atomic E-state index is -0.966. The van der Waals surface area contributed by atoms with Crippen molar-refractivity contribution in [3.8, 4) is 5.75 Å². The molecule has 2 N–H and O–H groups in total.